The summed E-state index contributed by atoms with van der Waals surface area (Å²) in [5, 5.41) is 0. The summed E-state index contributed by atoms with van der Waals surface area (Å²) >= 11 is 3.53. The molecule has 104 valence electrons. The Morgan fingerprint density at radius 1 is 1.06 bits per heavy atom. The van der Waals surface area contributed by atoms with E-state index in [0.29, 0.717) is 0 Å². The van der Waals surface area contributed by atoms with Crippen LogP contribution < -0.4 is 0 Å². The van der Waals surface area contributed by atoms with Gasteiger partial charge in [-0.15, -0.1) is 0 Å². The van der Waals surface area contributed by atoms with E-state index in [-0.39, 0.29) is 0 Å². The van der Waals surface area contributed by atoms with E-state index in [2.05, 4.69) is 58.9 Å². The van der Waals surface area contributed by atoms with Gasteiger partial charge < -0.3 is 0 Å². The third kappa shape index (κ3) is 7.88. The smallest absolute Gasteiger partial charge is 0.0234 e. The highest BCUT2D eigenvalue weighted by molar-refractivity contribution is 9.10. The van der Waals surface area contributed by atoms with Crippen LogP contribution in [0.2, 0.25) is 0 Å². The van der Waals surface area contributed by atoms with E-state index in [9.17, 15) is 0 Å². The third-order valence-electron chi connectivity index (χ3n) is 2.66. The van der Waals surface area contributed by atoms with E-state index in [1.807, 2.05) is 13.8 Å². The van der Waals surface area contributed by atoms with Crippen LogP contribution in [0.3, 0.4) is 0 Å². The highest BCUT2D eigenvalue weighted by Crippen LogP contribution is 2.14. The molecule has 0 saturated heterocycles. The number of benzene rings is 1. The zero-order valence-corrected chi connectivity index (χ0v) is 14.0. The molecule has 0 spiro atoms. The molecule has 1 nitrogen and oxygen atoms in total. The number of hydrogen-bond donors (Lipinski definition) is 0. The van der Waals surface area contributed by atoms with Gasteiger partial charge in [-0.2, -0.15) is 0 Å². The lowest BCUT2D eigenvalue weighted by molar-refractivity contribution is 0.261. The topological polar surface area (TPSA) is 3.24 Å². The van der Waals surface area contributed by atoms with Gasteiger partial charge in [-0.25, -0.2) is 0 Å². The highest BCUT2D eigenvalue weighted by Gasteiger charge is 2.04. The second-order valence-electron chi connectivity index (χ2n) is 4.26. The highest BCUT2D eigenvalue weighted by atomic mass is 79.9. The van der Waals surface area contributed by atoms with Crippen molar-refractivity contribution >= 4 is 15.9 Å². The van der Waals surface area contributed by atoms with Gasteiger partial charge in [0, 0.05) is 11.0 Å². The van der Waals surface area contributed by atoms with E-state index < -0.39 is 0 Å². The Morgan fingerprint density at radius 2 is 1.78 bits per heavy atom. The molecule has 0 aliphatic heterocycles. The first-order valence-electron chi connectivity index (χ1n) is 7.23. The molecule has 0 fully saturated rings. The average Bonchev–Trinajstić information content (AvgIpc) is 2.39. The summed E-state index contributed by atoms with van der Waals surface area (Å²) in [5.41, 5.74) is 1.40. The van der Waals surface area contributed by atoms with Crippen LogP contribution in [-0.4, -0.2) is 18.0 Å². The van der Waals surface area contributed by atoms with Gasteiger partial charge in [0.1, 0.15) is 0 Å². The Kier molecular flexibility index (Phi) is 11.5. The molecule has 0 radical (unpaired) electrons. The van der Waals surface area contributed by atoms with Crippen molar-refractivity contribution in [2.75, 3.05) is 13.1 Å². The van der Waals surface area contributed by atoms with Gasteiger partial charge in [0.15, 0.2) is 0 Å². The average molecular weight is 314 g/mol. The van der Waals surface area contributed by atoms with E-state index in [1.165, 1.54) is 42.4 Å². The number of nitrogens with zero attached hydrogens (tertiary/aromatic N) is 1. The molecule has 0 unspecified atom stereocenters. The fraction of sp³-hybridized carbons (Fsp3) is 0.625. The third-order valence-corrected chi connectivity index (χ3v) is 3.16. The van der Waals surface area contributed by atoms with Crippen LogP contribution in [0.15, 0.2) is 28.7 Å². The Hall–Kier alpha value is -0.340. The molecular formula is C16H28BrN. The Bertz CT molecular complexity index is 299. The summed E-state index contributed by atoms with van der Waals surface area (Å²) in [5.74, 6) is 0. The minimum atomic E-state index is 1.08. The standard InChI is InChI=1S/C14H22BrN.C2H6/c1-3-5-10-16(9-4-2)12-13-7-6-8-14(15)11-13;1-2/h6-8,11H,3-5,9-10,12H2,1-2H3;1-2H3. The lowest BCUT2D eigenvalue weighted by atomic mass is 10.2. The minimum absolute atomic E-state index is 1.08. The van der Waals surface area contributed by atoms with Crippen molar-refractivity contribution in [3.8, 4) is 0 Å². The van der Waals surface area contributed by atoms with Gasteiger partial charge in [-0.05, 0) is 43.6 Å². The molecule has 1 rings (SSSR count). The van der Waals surface area contributed by atoms with Crippen LogP contribution in [0.5, 0.6) is 0 Å². The monoisotopic (exact) mass is 313 g/mol. The first kappa shape index (κ1) is 17.7. The summed E-state index contributed by atoms with van der Waals surface area (Å²) < 4.78 is 1.18. The van der Waals surface area contributed by atoms with Crippen molar-refractivity contribution in [1.82, 2.24) is 4.90 Å². The fourth-order valence-corrected chi connectivity index (χ4v) is 2.31. The maximum absolute atomic E-state index is 3.53. The molecule has 1 aromatic rings. The molecule has 0 heterocycles. The summed E-state index contributed by atoms with van der Waals surface area (Å²) in [7, 11) is 0. The second kappa shape index (κ2) is 11.7. The zero-order valence-electron chi connectivity index (χ0n) is 12.4. The molecule has 1 aromatic carbocycles. The second-order valence-corrected chi connectivity index (χ2v) is 5.18. The fourth-order valence-electron chi connectivity index (χ4n) is 1.86. The quantitative estimate of drug-likeness (QED) is 0.643. The van der Waals surface area contributed by atoms with Gasteiger partial charge in [0.2, 0.25) is 0 Å². The Morgan fingerprint density at radius 3 is 2.33 bits per heavy atom. The number of halogens is 1. The van der Waals surface area contributed by atoms with Gasteiger partial charge in [0.25, 0.3) is 0 Å². The molecule has 0 aliphatic rings. The first-order valence-corrected chi connectivity index (χ1v) is 8.02. The van der Waals surface area contributed by atoms with Crippen molar-refractivity contribution < 1.29 is 0 Å². The lowest BCUT2D eigenvalue weighted by Gasteiger charge is -2.21. The molecule has 2 heteroatoms. The maximum atomic E-state index is 3.53. The van der Waals surface area contributed by atoms with E-state index in [4.69, 9.17) is 0 Å². The summed E-state index contributed by atoms with van der Waals surface area (Å²) in [6.07, 6.45) is 3.81. The Labute approximate surface area is 122 Å². The summed E-state index contributed by atoms with van der Waals surface area (Å²) in [6.45, 7) is 12.0. The van der Waals surface area contributed by atoms with Crippen LogP contribution in [0.4, 0.5) is 0 Å². The molecule has 0 N–H and O–H groups in total. The maximum Gasteiger partial charge on any atom is 0.0234 e. The van der Waals surface area contributed by atoms with E-state index in [1.54, 1.807) is 0 Å². The predicted molar refractivity (Wildman–Crippen MR) is 86.0 cm³/mol. The van der Waals surface area contributed by atoms with Gasteiger partial charge >= 0.3 is 0 Å². The molecule has 18 heavy (non-hydrogen) atoms. The molecule has 0 aliphatic carbocycles. The SMILES string of the molecule is CC.CCCCN(CCC)Cc1cccc(Br)c1. The van der Waals surface area contributed by atoms with Gasteiger partial charge in [0.05, 0.1) is 0 Å². The van der Waals surface area contributed by atoms with Crippen molar-refractivity contribution in [2.24, 2.45) is 0 Å². The van der Waals surface area contributed by atoms with Gasteiger partial charge in [-0.1, -0.05) is 62.2 Å². The number of unbranched alkanes of at least 4 members (excludes halogenated alkanes) is 1. The van der Waals surface area contributed by atoms with Gasteiger partial charge in [-0.3, -0.25) is 4.90 Å². The summed E-state index contributed by atoms with van der Waals surface area (Å²) in [4.78, 5) is 2.55. The zero-order chi connectivity index (χ0) is 13.8. The molecule has 0 saturated carbocycles. The van der Waals surface area contributed by atoms with Crippen LogP contribution >= 0.6 is 15.9 Å². The van der Waals surface area contributed by atoms with Crippen molar-refractivity contribution in [1.29, 1.82) is 0 Å². The first-order chi connectivity index (χ1) is 8.76. The van der Waals surface area contributed by atoms with E-state index in [0.717, 1.165) is 6.54 Å². The van der Waals surface area contributed by atoms with E-state index >= 15 is 0 Å². The minimum Gasteiger partial charge on any atom is -0.299 e. The number of hydrogen-bond acceptors (Lipinski definition) is 1. The largest absolute Gasteiger partial charge is 0.299 e. The normalized spacial score (nSPS) is 10.1. The molecule has 0 aromatic heterocycles. The molecule has 0 amide bonds. The predicted octanol–water partition coefficient (Wildman–Crippen LogP) is 5.49. The molecular weight excluding hydrogens is 286 g/mol. The van der Waals surface area contributed by atoms with Crippen LogP contribution in [0.25, 0.3) is 0 Å². The molecule has 0 bridgehead atoms. The molecule has 0 atom stereocenters. The summed E-state index contributed by atoms with van der Waals surface area (Å²) in [6, 6.07) is 8.62. The van der Waals surface area contributed by atoms with Crippen LogP contribution in [-0.2, 0) is 6.54 Å². The van der Waals surface area contributed by atoms with Crippen molar-refractivity contribution in [3.63, 3.8) is 0 Å². The van der Waals surface area contributed by atoms with Crippen LogP contribution in [0, 0.1) is 0 Å². The van der Waals surface area contributed by atoms with Crippen LogP contribution in [0.1, 0.15) is 52.5 Å². The lowest BCUT2D eigenvalue weighted by Crippen LogP contribution is -2.25. The van der Waals surface area contributed by atoms with Crippen molar-refractivity contribution in [2.45, 2.75) is 53.5 Å². The number of rotatable bonds is 7. The van der Waals surface area contributed by atoms with Crippen molar-refractivity contribution in [3.05, 3.63) is 34.3 Å². The Balaban J connectivity index is 0.00000137.